The van der Waals surface area contributed by atoms with Crippen molar-refractivity contribution in [3.63, 3.8) is 0 Å². The number of halogens is 1. The Hall–Kier alpha value is -4.48. The molecule has 0 spiro atoms. The summed E-state index contributed by atoms with van der Waals surface area (Å²) in [5.41, 5.74) is -0.184. The molecule has 0 unspecified atom stereocenters. The lowest BCUT2D eigenvalue weighted by molar-refractivity contribution is -0.384. The van der Waals surface area contributed by atoms with Crippen LogP contribution in [0.25, 0.3) is 0 Å². The minimum absolute atomic E-state index is 0.0348. The number of ketones is 1. The Kier molecular flexibility index (Phi) is 4.95. The van der Waals surface area contributed by atoms with Crippen LogP contribution in [-0.2, 0) is 9.53 Å². The lowest BCUT2D eigenvalue weighted by Crippen LogP contribution is -2.33. The van der Waals surface area contributed by atoms with E-state index >= 15 is 0 Å². The average molecular weight is 424 g/mol. The van der Waals surface area contributed by atoms with E-state index in [1.54, 1.807) is 6.07 Å². The SMILES string of the molecule is COC(=O)C1=C(C(=O)c2ccc(F)cc2)[C@H](c2cccc([N+](=O)[O-])c2)n2nnnc2N1. The molecule has 0 fully saturated rings. The largest absolute Gasteiger partial charge is 0.464 e. The third-order valence-electron chi connectivity index (χ3n) is 4.65. The van der Waals surface area contributed by atoms with Crippen LogP contribution in [-0.4, -0.2) is 44.0 Å². The molecule has 0 radical (unpaired) electrons. The minimum atomic E-state index is -1.09. The number of nitrogens with zero attached hydrogens (tertiary/aromatic N) is 5. The third-order valence-corrected chi connectivity index (χ3v) is 4.65. The van der Waals surface area contributed by atoms with Crippen LogP contribution in [0.3, 0.4) is 0 Å². The van der Waals surface area contributed by atoms with Crippen LogP contribution in [0.4, 0.5) is 16.0 Å². The maximum Gasteiger partial charge on any atom is 0.355 e. The lowest BCUT2D eigenvalue weighted by Gasteiger charge is -2.28. The number of Topliss-reactive ketones (excluding diaryl/α,β-unsaturated/α-hetero) is 1. The van der Waals surface area contributed by atoms with E-state index in [0.717, 1.165) is 19.2 Å². The topological polar surface area (TPSA) is 142 Å². The van der Waals surface area contributed by atoms with Gasteiger partial charge in [-0.2, -0.15) is 4.68 Å². The van der Waals surface area contributed by atoms with Crippen LogP contribution >= 0.6 is 0 Å². The zero-order valence-corrected chi connectivity index (χ0v) is 15.9. The van der Waals surface area contributed by atoms with Gasteiger partial charge in [0, 0.05) is 17.7 Å². The van der Waals surface area contributed by atoms with E-state index in [4.69, 9.17) is 4.74 Å². The van der Waals surface area contributed by atoms with Gasteiger partial charge in [0.05, 0.1) is 17.6 Å². The van der Waals surface area contributed by atoms with Gasteiger partial charge in [0.1, 0.15) is 17.6 Å². The molecule has 1 atom stereocenters. The Labute approximate surface area is 173 Å². The fourth-order valence-electron chi connectivity index (χ4n) is 3.26. The number of hydrogen-bond acceptors (Lipinski definition) is 9. The number of rotatable bonds is 5. The number of benzene rings is 2. The van der Waals surface area contributed by atoms with Crippen molar-refractivity contribution in [2.75, 3.05) is 12.4 Å². The Morgan fingerprint density at radius 3 is 2.65 bits per heavy atom. The Morgan fingerprint density at radius 1 is 1.23 bits per heavy atom. The van der Waals surface area contributed by atoms with E-state index in [1.165, 1.54) is 35.0 Å². The first-order chi connectivity index (χ1) is 14.9. The number of nitrogens with one attached hydrogen (secondary N) is 1. The highest BCUT2D eigenvalue weighted by Crippen LogP contribution is 2.37. The first-order valence-electron chi connectivity index (χ1n) is 8.82. The second kappa shape index (κ2) is 7.74. The number of allylic oxidation sites excluding steroid dienone is 1. The highest BCUT2D eigenvalue weighted by Gasteiger charge is 2.39. The van der Waals surface area contributed by atoms with Gasteiger partial charge in [-0.3, -0.25) is 14.9 Å². The number of fused-ring (bicyclic) bond motifs is 1. The number of non-ortho nitro benzene ring substituents is 1. The van der Waals surface area contributed by atoms with Crippen LogP contribution < -0.4 is 5.32 Å². The number of tetrazole rings is 1. The van der Waals surface area contributed by atoms with Gasteiger partial charge in [0.2, 0.25) is 5.95 Å². The normalized spacial score (nSPS) is 15.1. The molecule has 1 aliphatic heterocycles. The molecule has 2 aromatic carbocycles. The molecule has 1 N–H and O–H groups in total. The smallest absolute Gasteiger partial charge is 0.355 e. The van der Waals surface area contributed by atoms with Gasteiger partial charge >= 0.3 is 5.97 Å². The Bertz CT molecular complexity index is 1240. The summed E-state index contributed by atoms with van der Waals surface area (Å²) in [6.45, 7) is 0. The zero-order chi connectivity index (χ0) is 22.1. The molecule has 1 aromatic heterocycles. The van der Waals surface area contributed by atoms with Crippen LogP contribution in [0, 0.1) is 15.9 Å². The number of carbonyl (C=O) groups is 2. The molecule has 0 bridgehead atoms. The van der Waals surface area contributed by atoms with E-state index in [1.807, 2.05) is 0 Å². The Balaban J connectivity index is 1.96. The summed E-state index contributed by atoms with van der Waals surface area (Å²) < 4.78 is 19.4. The maximum absolute atomic E-state index is 13.4. The van der Waals surface area contributed by atoms with Crippen LogP contribution in [0.2, 0.25) is 0 Å². The number of aromatic nitrogens is 4. The van der Waals surface area contributed by atoms with E-state index in [2.05, 4.69) is 20.8 Å². The highest BCUT2D eigenvalue weighted by molar-refractivity contribution is 6.14. The summed E-state index contributed by atoms with van der Waals surface area (Å²) in [6.07, 6.45) is 0. The third kappa shape index (κ3) is 3.50. The standard InChI is InChI=1S/C19H13FN6O5/c1-31-18(28)15-14(17(27)10-5-7-12(20)8-6-10)16(25-19(21-15)22-23-24-25)11-3-2-4-13(9-11)26(29)30/h2-9,16H,1H3,(H,21,22,24)/t16-/m0/s1. The van der Waals surface area contributed by atoms with Crippen molar-refractivity contribution >= 4 is 23.4 Å². The molecule has 2 heterocycles. The van der Waals surface area contributed by atoms with E-state index < -0.39 is 28.5 Å². The number of nitro groups is 1. The second-order valence-electron chi connectivity index (χ2n) is 6.44. The number of methoxy groups -OCH3 is 1. The number of ether oxygens (including phenoxy) is 1. The van der Waals surface area contributed by atoms with Crippen molar-refractivity contribution in [1.82, 2.24) is 20.2 Å². The monoisotopic (exact) mass is 424 g/mol. The van der Waals surface area contributed by atoms with Crippen molar-refractivity contribution in [1.29, 1.82) is 0 Å². The fraction of sp³-hybridized carbons (Fsp3) is 0.105. The molecule has 3 aromatic rings. The van der Waals surface area contributed by atoms with Gasteiger partial charge in [-0.25, -0.2) is 9.18 Å². The van der Waals surface area contributed by atoms with Gasteiger partial charge in [-0.15, -0.1) is 0 Å². The quantitative estimate of drug-likeness (QED) is 0.282. The lowest BCUT2D eigenvalue weighted by atomic mass is 9.89. The molecule has 11 nitrogen and oxygen atoms in total. The summed E-state index contributed by atoms with van der Waals surface area (Å²) in [4.78, 5) is 36.6. The minimum Gasteiger partial charge on any atom is -0.464 e. The molecule has 0 amide bonds. The molecule has 0 aliphatic carbocycles. The first-order valence-corrected chi connectivity index (χ1v) is 8.82. The summed E-state index contributed by atoms with van der Waals surface area (Å²) in [6, 6.07) is 9.18. The first kappa shape index (κ1) is 19.8. The predicted octanol–water partition coefficient (Wildman–Crippen LogP) is 2.05. The average Bonchev–Trinajstić information content (AvgIpc) is 3.25. The molecule has 31 heavy (non-hydrogen) atoms. The summed E-state index contributed by atoms with van der Waals surface area (Å²) in [5, 5.41) is 25.2. The summed E-state index contributed by atoms with van der Waals surface area (Å²) in [7, 11) is 1.14. The van der Waals surface area contributed by atoms with Gasteiger partial charge in [0.25, 0.3) is 5.69 Å². The molecule has 0 saturated heterocycles. The molecule has 0 saturated carbocycles. The van der Waals surface area contributed by atoms with Crippen LogP contribution in [0.1, 0.15) is 22.0 Å². The van der Waals surface area contributed by atoms with Gasteiger partial charge < -0.3 is 10.1 Å². The van der Waals surface area contributed by atoms with Gasteiger partial charge in [0.15, 0.2) is 5.78 Å². The number of carbonyl (C=O) groups excluding carboxylic acids is 2. The number of anilines is 1. The van der Waals surface area contributed by atoms with Gasteiger partial charge in [-0.05, 0) is 40.3 Å². The molecule has 1 aliphatic rings. The molecule has 156 valence electrons. The Morgan fingerprint density at radius 2 is 1.97 bits per heavy atom. The van der Waals surface area contributed by atoms with E-state index in [0.29, 0.717) is 0 Å². The maximum atomic E-state index is 13.4. The van der Waals surface area contributed by atoms with Crippen molar-refractivity contribution in [3.05, 3.63) is 86.9 Å². The zero-order valence-electron chi connectivity index (χ0n) is 15.9. The highest BCUT2D eigenvalue weighted by atomic mass is 19.1. The molecular formula is C19H13FN6O5. The second-order valence-corrected chi connectivity index (χ2v) is 6.44. The number of hydrogen-bond donors (Lipinski definition) is 1. The predicted molar refractivity (Wildman–Crippen MR) is 102 cm³/mol. The van der Waals surface area contributed by atoms with Crippen LogP contribution in [0.5, 0.6) is 0 Å². The van der Waals surface area contributed by atoms with Crippen molar-refractivity contribution < 1.29 is 23.6 Å². The van der Waals surface area contributed by atoms with Crippen molar-refractivity contribution in [3.8, 4) is 0 Å². The number of nitro benzene ring substituents is 1. The van der Waals surface area contributed by atoms with Crippen molar-refractivity contribution in [2.45, 2.75) is 6.04 Å². The summed E-state index contributed by atoms with van der Waals surface area (Å²) in [5.74, 6) is -2.01. The van der Waals surface area contributed by atoms with E-state index in [9.17, 15) is 24.1 Å². The molecule has 12 heteroatoms. The molecule has 4 rings (SSSR count). The number of esters is 1. The van der Waals surface area contributed by atoms with Crippen LogP contribution in [0.15, 0.2) is 59.8 Å². The summed E-state index contributed by atoms with van der Waals surface area (Å²) >= 11 is 0. The van der Waals surface area contributed by atoms with E-state index in [-0.39, 0.29) is 34.0 Å². The van der Waals surface area contributed by atoms with Crippen molar-refractivity contribution in [2.24, 2.45) is 0 Å². The molecular weight excluding hydrogens is 411 g/mol. The van der Waals surface area contributed by atoms with Gasteiger partial charge in [-0.1, -0.05) is 17.2 Å². The fourth-order valence-corrected chi connectivity index (χ4v) is 3.26.